The molecule has 68 valence electrons. The van der Waals surface area contributed by atoms with Crippen LogP contribution < -0.4 is 5.32 Å². The van der Waals surface area contributed by atoms with E-state index in [0.717, 1.165) is 22.7 Å². The number of hydrogen-bond donors (Lipinski definition) is 1. The topological polar surface area (TPSA) is 12.0 Å². The number of hydrogen-bond acceptors (Lipinski definition) is 1. The van der Waals surface area contributed by atoms with Crippen LogP contribution >= 0.6 is 11.6 Å². The van der Waals surface area contributed by atoms with E-state index in [-0.39, 0.29) is 0 Å². The molecular weight excluding hydrogens is 182 g/mol. The maximum absolute atomic E-state index is 6.02. The molecule has 0 bridgehead atoms. The van der Waals surface area contributed by atoms with Crippen LogP contribution in [-0.4, -0.2) is 6.54 Å². The lowest BCUT2D eigenvalue weighted by molar-refractivity contribution is 1.14. The molecule has 0 radical (unpaired) electrons. The van der Waals surface area contributed by atoms with E-state index >= 15 is 0 Å². The van der Waals surface area contributed by atoms with E-state index in [2.05, 4.69) is 18.2 Å². The summed E-state index contributed by atoms with van der Waals surface area (Å²) in [4.78, 5) is 0. The van der Waals surface area contributed by atoms with Gasteiger partial charge in [0.05, 0.1) is 6.54 Å². The normalized spacial score (nSPS) is 9.31. The van der Waals surface area contributed by atoms with Crippen molar-refractivity contribution in [3.63, 3.8) is 0 Å². The van der Waals surface area contributed by atoms with E-state index in [0.29, 0.717) is 6.54 Å². The number of rotatable bonds is 3. The average Bonchev–Trinajstić information content (AvgIpc) is 2.15. The van der Waals surface area contributed by atoms with Crippen molar-refractivity contribution in [3.8, 4) is 12.3 Å². The van der Waals surface area contributed by atoms with Gasteiger partial charge < -0.3 is 5.32 Å². The first-order chi connectivity index (χ1) is 6.27. The van der Waals surface area contributed by atoms with E-state index in [1.165, 1.54) is 0 Å². The Morgan fingerprint density at radius 1 is 1.54 bits per heavy atom. The van der Waals surface area contributed by atoms with Gasteiger partial charge in [0, 0.05) is 10.7 Å². The van der Waals surface area contributed by atoms with E-state index < -0.39 is 0 Å². The summed E-state index contributed by atoms with van der Waals surface area (Å²) in [5.41, 5.74) is 2.13. The molecule has 0 aromatic heterocycles. The van der Waals surface area contributed by atoms with Crippen molar-refractivity contribution >= 4 is 17.3 Å². The minimum atomic E-state index is 0.530. The minimum absolute atomic E-state index is 0.530. The molecule has 1 rings (SSSR count). The maximum atomic E-state index is 6.02. The van der Waals surface area contributed by atoms with E-state index in [9.17, 15) is 0 Å². The van der Waals surface area contributed by atoms with Crippen molar-refractivity contribution in [2.24, 2.45) is 0 Å². The third kappa shape index (κ3) is 2.68. The summed E-state index contributed by atoms with van der Waals surface area (Å²) in [5.74, 6) is 2.51. The van der Waals surface area contributed by atoms with Gasteiger partial charge in [-0.3, -0.25) is 0 Å². The Balaban J connectivity index is 2.78. The number of benzene rings is 1. The summed E-state index contributed by atoms with van der Waals surface area (Å²) in [6.07, 6.45) is 6.08. The lowest BCUT2D eigenvalue weighted by Crippen LogP contribution is -1.98. The Morgan fingerprint density at radius 2 is 2.31 bits per heavy atom. The zero-order valence-corrected chi connectivity index (χ0v) is 8.36. The molecule has 1 N–H and O–H groups in total. The van der Waals surface area contributed by atoms with Crippen molar-refractivity contribution in [2.45, 2.75) is 13.3 Å². The molecule has 13 heavy (non-hydrogen) atoms. The van der Waals surface area contributed by atoms with Crippen LogP contribution in [0.5, 0.6) is 0 Å². The Labute approximate surface area is 84.1 Å². The van der Waals surface area contributed by atoms with Crippen molar-refractivity contribution < 1.29 is 0 Å². The van der Waals surface area contributed by atoms with Gasteiger partial charge >= 0.3 is 0 Å². The highest BCUT2D eigenvalue weighted by atomic mass is 35.5. The number of halogens is 1. The monoisotopic (exact) mass is 193 g/mol. The highest BCUT2D eigenvalue weighted by molar-refractivity contribution is 6.31. The van der Waals surface area contributed by atoms with Gasteiger partial charge in [0.1, 0.15) is 0 Å². The molecule has 0 amide bonds. The quantitative estimate of drug-likeness (QED) is 0.728. The van der Waals surface area contributed by atoms with Gasteiger partial charge in [-0.05, 0) is 24.1 Å². The first-order valence-corrected chi connectivity index (χ1v) is 4.61. The molecule has 1 nitrogen and oxygen atoms in total. The van der Waals surface area contributed by atoms with Crippen LogP contribution in [0.1, 0.15) is 12.5 Å². The van der Waals surface area contributed by atoms with E-state index in [1.54, 1.807) is 0 Å². The molecule has 0 unspecified atom stereocenters. The molecule has 2 heteroatoms. The van der Waals surface area contributed by atoms with Gasteiger partial charge in [-0.2, -0.15) is 0 Å². The molecule has 0 fully saturated rings. The summed E-state index contributed by atoms with van der Waals surface area (Å²) < 4.78 is 0. The van der Waals surface area contributed by atoms with Crippen molar-refractivity contribution in [1.29, 1.82) is 0 Å². The van der Waals surface area contributed by atoms with Crippen LogP contribution in [0, 0.1) is 12.3 Å². The Morgan fingerprint density at radius 3 is 2.85 bits per heavy atom. The van der Waals surface area contributed by atoms with Gasteiger partial charge in [-0.25, -0.2) is 0 Å². The van der Waals surface area contributed by atoms with Gasteiger partial charge in [0.2, 0.25) is 0 Å². The number of anilines is 1. The Kier molecular flexibility index (Phi) is 3.67. The highest BCUT2D eigenvalue weighted by Crippen LogP contribution is 2.20. The second-order valence-corrected chi connectivity index (χ2v) is 3.12. The third-order valence-corrected chi connectivity index (χ3v) is 2.18. The summed E-state index contributed by atoms with van der Waals surface area (Å²) in [7, 11) is 0. The van der Waals surface area contributed by atoms with Gasteiger partial charge in [-0.15, -0.1) is 6.42 Å². The lowest BCUT2D eigenvalue weighted by atomic mass is 10.1. The largest absolute Gasteiger partial charge is 0.374 e. The SMILES string of the molecule is C#CCNc1ccc(CC)c(Cl)c1. The van der Waals surface area contributed by atoms with Crippen LogP contribution in [-0.2, 0) is 6.42 Å². The van der Waals surface area contributed by atoms with E-state index in [4.69, 9.17) is 18.0 Å². The van der Waals surface area contributed by atoms with Gasteiger partial charge in [-0.1, -0.05) is 30.5 Å². The van der Waals surface area contributed by atoms with Crippen LogP contribution in [0.25, 0.3) is 0 Å². The summed E-state index contributed by atoms with van der Waals surface area (Å²) in [6.45, 7) is 2.61. The van der Waals surface area contributed by atoms with Crippen molar-refractivity contribution in [1.82, 2.24) is 0 Å². The van der Waals surface area contributed by atoms with E-state index in [1.807, 2.05) is 18.2 Å². The van der Waals surface area contributed by atoms with Gasteiger partial charge in [0.25, 0.3) is 0 Å². The molecule has 0 aliphatic rings. The smallest absolute Gasteiger partial charge is 0.0763 e. The second-order valence-electron chi connectivity index (χ2n) is 2.72. The summed E-state index contributed by atoms with van der Waals surface area (Å²) >= 11 is 6.02. The number of nitrogens with one attached hydrogen (secondary N) is 1. The molecule has 0 spiro atoms. The lowest BCUT2D eigenvalue weighted by Gasteiger charge is -2.05. The molecule has 0 heterocycles. The van der Waals surface area contributed by atoms with Crippen molar-refractivity contribution in [3.05, 3.63) is 28.8 Å². The first kappa shape index (κ1) is 9.95. The first-order valence-electron chi connectivity index (χ1n) is 4.23. The Hall–Kier alpha value is -1.13. The molecule has 0 aliphatic heterocycles. The number of aryl methyl sites for hydroxylation is 1. The Bertz CT molecular complexity index is 325. The molecule has 0 saturated heterocycles. The van der Waals surface area contributed by atoms with Crippen LogP contribution in [0.4, 0.5) is 5.69 Å². The molecule has 0 aliphatic carbocycles. The number of terminal acetylenes is 1. The minimum Gasteiger partial charge on any atom is -0.374 e. The standard InChI is InChI=1S/C11H12ClN/c1-3-7-13-10-6-5-9(4-2)11(12)8-10/h1,5-6,8,13H,4,7H2,2H3. The van der Waals surface area contributed by atoms with Gasteiger partial charge in [0.15, 0.2) is 0 Å². The summed E-state index contributed by atoms with van der Waals surface area (Å²) in [6, 6.07) is 5.90. The molecule has 1 aromatic rings. The molecule has 0 saturated carbocycles. The fraction of sp³-hybridized carbons (Fsp3) is 0.273. The zero-order chi connectivity index (χ0) is 9.68. The maximum Gasteiger partial charge on any atom is 0.0763 e. The third-order valence-electron chi connectivity index (χ3n) is 1.83. The highest BCUT2D eigenvalue weighted by Gasteiger charge is 1.98. The van der Waals surface area contributed by atoms with Crippen LogP contribution in [0.15, 0.2) is 18.2 Å². The predicted octanol–water partition coefficient (Wildman–Crippen LogP) is 2.95. The average molecular weight is 194 g/mol. The van der Waals surface area contributed by atoms with Crippen LogP contribution in [0.2, 0.25) is 5.02 Å². The fourth-order valence-electron chi connectivity index (χ4n) is 1.10. The fourth-order valence-corrected chi connectivity index (χ4v) is 1.41. The predicted molar refractivity (Wildman–Crippen MR) is 58.2 cm³/mol. The van der Waals surface area contributed by atoms with Crippen molar-refractivity contribution in [2.75, 3.05) is 11.9 Å². The molecule has 1 aromatic carbocycles. The molecular formula is C11H12ClN. The zero-order valence-electron chi connectivity index (χ0n) is 7.60. The molecule has 0 atom stereocenters. The summed E-state index contributed by atoms with van der Waals surface area (Å²) in [5, 5.41) is 3.86. The van der Waals surface area contributed by atoms with Crippen LogP contribution in [0.3, 0.4) is 0 Å². The second kappa shape index (κ2) is 4.79.